The number of aromatic nitrogens is 2. The average molecular weight is 461 g/mol. The quantitative estimate of drug-likeness (QED) is 0.388. The zero-order chi connectivity index (χ0) is 22.6. The molecule has 3 aromatic carbocycles. The molecule has 1 saturated heterocycles. The largest absolute Gasteiger partial charge is 0.495 e. The second-order valence-corrected chi connectivity index (χ2v) is 8.40. The number of rotatable bonds is 6. The van der Waals surface area contributed by atoms with Crippen molar-refractivity contribution in [2.24, 2.45) is 0 Å². The second kappa shape index (κ2) is 9.65. The summed E-state index contributed by atoms with van der Waals surface area (Å²) in [7, 11) is 1.72. The van der Waals surface area contributed by atoms with Crippen LogP contribution >= 0.6 is 11.6 Å². The SMILES string of the molecule is COc1ccccc1N1CCN([C@H](c2ccccc2)c2nnc(-c3ccc(Cl)cc3)o2)CC1. The fourth-order valence-corrected chi connectivity index (χ4v) is 4.44. The molecule has 0 aliphatic carbocycles. The van der Waals surface area contributed by atoms with Crippen LogP contribution in [-0.2, 0) is 0 Å². The van der Waals surface area contributed by atoms with Crippen LogP contribution in [0.5, 0.6) is 5.75 Å². The van der Waals surface area contributed by atoms with Crippen LogP contribution in [0.15, 0.2) is 83.3 Å². The van der Waals surface area contributed by atoms with E-state index in [0.29, 0.717) is 16.8 Å². The van der Waals surface area contributed by atoms with Crippen molar-refractivity contribution < 1.29 is 9.15 Å². The molecule has 1 aliphatic heterocycles. The smallest absolute Gasteiger partial charge is 0.247 e. The molecule has 0 radical (unpaired) electrons. The number of hydrogen-bond donors (Lipinski definition) is 0. The predicted octanol–water partition coefficient (Wildman–Crippen LogP) is 5.31. The Labute approximate surface area is 198 Å². The first-order valence-corrected chi connectivity index (χ1v) is 11.4. The highest BCUT2D eigenvalue weighted by Crippen LogP contribution is 2.33. The standard InChI is InChI=1S/C26H25ClN4O2/c1-32-23-10-6-5-9-22(23)30-15-17-31(18-16-30)24(19-7-3-2-4-8-19)26-29-28-25(33-26)20-11-13-21(27)14-12-20/h2-14,24H,15-18H2,1H3/t24-/m1/s1. The van der Waals surface area contributed by atoms with Gasteiger partial charge in [0.2, 0.25) is 11.8 Å². The van der Waals surface area contributed by atoms with Crippen LogP contribution < -0.4 is 9.64 Å². The van der Waals surface area contributed by atoms with Crippen LogP contribution in [0.4, 0.5) is 5.69 Å². The number of piperazine rings is 1. The number of methoxy groups -OCH3 is 1. The van der Waals surface area contributed by atoms with Crippen molar-refractivity contribution in [2.45, 2.75) is 6.04 Å². The molecule has 1 atom stereocenters. The van der Waals surface area contributed by atoms with Crippen LogP contribution in [-0.4, -0.2) is 48.4 Å². The zero-order valence-corrected chi connectivity index (χ0v) is 19.2. The van der Waals surface area contributed by atoms with Gasteiger partial charge >= 0.3 is 0 Å². The van der Waals surface area contributed by atoms with Gasteiger partial charge in [-0.1, -0.05) is 54.1 Å². The van der Waals surface area contributed by atoms with Gasteiger partial charge in [0, 0.05) is 36.8 Å². The second-order valence-electron chi connectivity index (χ2n) is 7.96. The molecule has 2 heterocycles. The number of ether oxygens (including phenoxy) is 1. The minimum Gasteiger partial charge on any atom is -0.495 e. The van der Waals surface area contributed by atoms with Crippen molar-refractivity contribution in [3.63, 3.8) is 0 Å². The lowest BCUT2D eigenvalue weighted by Gasteiger charge is -2.39. The minimum atomic E-state index is -0.112. The fourth-order valence-electron chi connectivity index (χ4n) is 4.31. The maximum Gasteiger partial charge on any atom is 0.247 e. The van der Waals surface area contributed by atoms with Gasteiger partial charge in [-0.3, -0.25) is 4.90 Å². The summed E-state index contributed by atoms with van der Waals surface area (Å²) in [5.74, 6) is 1.99. The number of benzene rings is 3. The van der Waals surface area contributed by atoms with E-state index in [0.717, 1.165) is 48.7 Å². The van der Waals surface area contributed by atoms with Crippen molar-refractivity contribution in [1.29, 1.82) is 0 Å². The Morgan fingerprint density at radius 1 is 0.848 bits per heavy atom. The van der Waals surface area contributed by atoms with Crippen LogP contribution in [0.25, 0.3) is 11.5 Å². The molecule has 6 nitrogen and oxygen atoms in total. The van der Waals surface area contributed by atoms with Gasteiger partial charge in [0.25, 0.3) is 0 Å². The van der Waals surface area contributed by atoms with Gasteiger partial charge in [-0.15, -0.1) is 10.2 Å². The summed E-state index contributed by atoms with van der Waals surface area (Å²) in [4.78, 5) is 4.77. The van der Waals surface area contributed by atoms with Gasteiger partial charge in [0.1, 0.15) is 11.8 Å². The number of anilines is 1. The van der Waals surface area contributed by atoms with E-state index in [1.807, 2.05) is 60.7 Å². The molecule has 7 heteroatoms. The van der Waals surface area contributed by atoms with E-state index in [-0.39, 0.29) is 6.04 Å². The predicted molar refractivity (Wildman–Crippen MR) is 130 cm³/mol. The third kappa shape index (κ3) is 4.58. The van der Waals surface area contributed by atoms with E-state index in [4.69, 9.17) is 20.8 Å². The molecule has 0 bridgehead atoms. The summed E-state index contributed by atoms with van der Waals surface area (Å²) in [6, 6.07) is 25.8. The summed E-state index contributed by atoms with van der Waals surface area (Å²) < 4.78 is 11.8. The number of halogens is 1. The lowest BCUT2D eigenvalue weighted by Crippen LogP contribution is -2.48. The molecule has 0 amide bonds. The normalized spacial score (nSPS) is 15.4. The number of nitrogens with zero attached hydrogens (tertiary/aromatic N) is 4. The molecule has 0 spiro atoms. The van der Waals surface area contributed by atoms with Crippen molar-refractivity contribution >= 4 is 17.3 Å². The molecule has 0 N–H and O–H groups in total. The topological polar surface area (TPSA) is 54.6 Å². The number of para-hydroxylation sites is 2. The summed E-state index contributed by atoms with van der Waals surface area (Å²) >= 11 is 6.03. The maximum atomic E-state index is 6.19. The van der Waals surface area contributed by atoms with Gasteiger partial charge in [0.05, 0.1) is 12.8 Å². The van der Waals surface area contributed by atoms with Gasteiger partial charge in [-0.05, 0) is 42.0 Å². The Morgan fingerprint density at radius 2 is 1.55 bits per heavy atom. The van der Waals surface area contributed by atoms with Gasteiger partial charge in [0.15, 0.2) is 0 Å². The highest BCUT2D eigenvalue weighted by Gasteiger charge is 2.31. The summed E-state index contributed by atoms with van der Waals surface area (Å²) in [6.07, 6.45) is 0. The average Bonchev–Trinajstić information content (AvgIpc) is 3.35. The molecule has 33 heavy (non-hydrogen) atoms. The van der Waals surface area contributed by atoms with E-state index < -0.39 is 0 Å². The zero-order valence-electron chi connectivity index (χ0n) is 18.4. The molecule has 0 unspecified atom stereocenters. The lowest BCUT2D eigenvalue weighted by atomic mass is 10.0. The van der Waals surface area contributed by atoms with Crippen LogP contribution in [0.2, 0.25) is 5.02 Å². The van der Waals surface area contributed by atoms with Crippen LogP contribution in [0.3, 0.4) is 0 Å². The van der Waals surface area contributed by atoms with E-state index in [9.17, 15) is 0 Å². The van der Waals surface area contributed by atoms with Crippen LogP contribution in [0, 0.1) is 0 Å². The molecule has 1 fully saturated rings. The van der Waals surface area contributed by atoms with Gasteiger partial charge in [-0.25, -0.2) is 0 Å². The van der Waals surface area contributed by atoms with Crippen molar-refractivity contribution in [1.82, 2.24) is 15.1 Å². The summed E-state index contributed by atoms with van der Waals surface area (Å²) in [5, 5.41) is 9.45. The first-order chi connectivity index (χ1) is 16.2. The first-order valence-electron chi connectivity index (χ1n) is 11.0. The number of hydrogen-bond acceptors (Lipinski definition) is 6. The Hall–Kier alpha value is -3.35. The van der Waals surface area contributed by atoms with Gasteiger partial charge < -0.3 is 14.1 Å². The monoisotopic (exact) mass is 460 g/mol. The summed E-state index contributed by atoms with van der Waals surface area (Å²) in [5.41, 5.74) is 3.11. The molecule has 1 aliphatic rings. The Bertz CT molecular complexity index is 1190. The Kier molecular flexibility index (Phi) is 6.28. The molecule has 1 aromatic heterocycles. The molecular formula is C26H25ClN4O2. The van der Waals surface area contributed by atoms with Crippen molar-refractivity contribution in [3.05, 3.63) is 95.3 Å². The maximum absolute atomic E-state index is 6.19. The fraction of sp³-hybridized carbons (Fsp3) is 0.231. The summed E-state index contributed by atoms with van der Waals surface area (Å²) in [6.45, 7) is 3.47. The van der Waals surface area contributed by atoms with Gasteiger partial charge in [-0.2, -0.15) is 0 Å². The third-order valence-corrected chi connectivity index (χ3v) is 6.24. The van der Waals surface area contributed by atoms with Crippen molar-refractivity contribution in [3.8, 4) is 17.2 Å². The van der Waals surface area contributed by atoms with E-state index >= 15 is 0 Å². The molecular weight excluding hydrogens is 436 g/mol. The van der Waals surface area contributed by atoms with E-state index in [2.05, 4.69) is 38.2 Å². The first kappa shape index (κ1) is 21.5. The Morgan fingerprint density at radius 3 is 2.27 bits per heavy atom. The van der Waals surface area contributed by atoms with E-state index in [1.165, 1.54) is 0 Å². The highest BCUT2D eigenvalue weighted by atomic mass is 35.5. The molecule has 4 aromatic rings. The highest BCUT2D eigenvalue weighted by molar-refractivity contribution is 6.30. The van der Waals surface area contributed by atoms with E-state index in [1.54, 1.807) is 7.11 Å². The van der Waals surface area contributed by atoms with Crippen LogP contribution in [0.1, 0.15) is 17.5 Å². The molecule has 168 valence electrons. The third-order valence-electron chi connectivity index (χ3n) is 5.99. The lowest BCUT2D eigenvalue weighted by molar-refractivity contribution is 0.187. The minimum absolute atomic E-state index is 0.112. The molecule has 0 saturated carbocycles. The molecule has 5 rings (SSSR count). The Balaban J connectivity index is 1.40. The van der Waals surface area contributed by atoms with Crippen molar-refractivity contribution in [2.75, 3.05) is 38.2 Å².